The predicted molar refractivity (Wildman–Crippen MR) is 80.7 cm³/mol. The quantitative estimate of drug-likeness (QED) is 0.844. The Kier molecular flexibility index (Phi) is 3.89. The number of carbonyl (C=O) groups is 1. The lowest BCUT2D eigenvalue weighted by molar-refractivity contribution is -0.140. The molecule has 3 heterocycles. The summed E-state index contributed by atoms with van der Waals surface area (Å²) in [5.41, 5.74) is 0.924. The van der Waals surface area contributed by atoms with Crippen LogP contribution in [0.1, 0.15) is 18.2 Å². The maximum absolute atomic E-state index is 12.9. The molecule has 8 heteroatoms. The highest BCUT2D eigenvalue weighted by molar-refractivity contribution is 5.78. The maximum atomic E-state index is 12.9. The average molecular weight is 332 g/mol. The van der Waals surface area contributed by atoms with Crippen molar-refractivity contribution in [1.82, 2.24) is 19.9 Å². The largest absolute Gasteiger partial charge is 0.484 e. The van der Waals surface area contributed by atoms with Gasteiger partial charge in [0.05, 0.1) is 30.6 Å². The van der Waals surface area contributed by atoms with E-state index in [9.17, 15) is 9.18 Å². The standard InChI is InChI=1S/C16H17FN4O3/c17-11-1-3-13(4-2-11)23-10-16(22)20-6-5-15-14(8-20)21-12(9-24-15)7-18-19-21/h1-4,7,14-15H,5-6,8-10H2/t14-,15-/m0/s1. The van der Waals surface area contributed by atoms with Crippen LogP contribution in [0.2, 0.25) is 0 Å². The molecule has 0 aliphatic carbocycles. The SMILES string of the molecule is O=C(COc1ccc(F)cc1)N1CC[C@@H]2OCc3cnnn3[C@H]2C1. The second-order valence-electron chi connectivity index (χ2n) is 5.96. The molecule has 1 amide bonds. The summed E-state index contributed by atoms with van der Waals surface area (Å²) in [7, 11) is 0. The van der Waals surface area contributed by atoms with Crippen molar-refractivity contribution in [3.05, 3.63) is 42.0 Å². The van der Waals surface area contributed by atoms with E-state index in [1.54, 1.807) is 11.1 Å². The minimum Gasteiger partial charge on any atom is -0.484 e. The lowest BCUT2D eigenvalue weighted by Crippen LogP contribution is -2.50. The fourth-order valence-electron chi connectivity index (χ4n) is 3.17. The Hall–Kier alpha value is -2.48. The number of benzene rings is 1. The van der Waals surface area contributed by atoms with Gasteiger partial charge in [0.15, 0.2) is 6.61 Å². The smallest absolute Gasteiger partial charge is 0.260 e. The van der Waals surface area contributed by atoms with Gasteiger partial charge in [-0.05, 0) is 30.7 Å². The lowest BCUT2D eigenvalue weighted by atomic mass is 10.0. The third kappa shape index (κ3) is 2.84. The summed E-state index contributed by atoms with van der Waals surface area (Å²) in [5, 5.41) is 8.04. The fraction of sp³-hybridized carbons (Fsp3) is 0.438. The van der Waals surface area contributed by atoms with Crippen LogP contribution in [0.15, 0.2) is 30.5 Å². The van der Waals surface area contributed by atoms with Crippen LogP contribution in [0.3, 0.4) is 0 Å². The highest BCUT2D eigenvalue weighted by Crippen LogP contribution is 2.30. The summed E-state index contributed by atoms with van der Waals surface area (Å²) in [6.07, 6.45) is 2.50. The van der Waals surface area contributed by atoms with Crippen LogP contribution in [0.5, 0.6) is 5.75 Å². The number of carbonyl (C=O) groups excluding carboxylic acids is 1. The summed E-state index contributed by atoms with van der Waals surface area (Å²) < 4.78 is 26.0. The molecule has 2 aliphatic heterocycles. The van der Waals surface area contributed by atoms with Gasteiger partial charge in [0.1, 0.15) is 11.6 Å². The molecule has 1 aromatic heterocycles. The molecule has 2 aliphatic rings. The molecule has 1 fully saturated rings. The van der Waals surface area contributed by atoms with Crippen molar-refractivity contribution >= 4 is 5.91 Å². The van der Waals surface area contributed by atoms with Gasteiger partial charge in [0, 0.05) is 13.1 Å². The molecular formula is C16H17FN4O3. The zero-order valence-corrected chi connectivity index (χ0v) is 13.0. The highest BCUT2D eigenvalue weighted by Gasteiger charge is 2.37. The Morgan fingerprint density at radius 3 is 3.04 bits per heavy atom. The normalized spacial score (nSPS) is 22.6. The van der Waals surface area contributed by atoms with Gasteiger partial charge in [-0.25, -0.2) is 9.07 Å². The first kappa shape index (κ1) is 15.1. The minimum atomic E-state index is -0.336. The van der Waals surface area contributed by atoms with E-state index < -0.39 is 0 Å². The summed E-state index contributed by atoms with van der Waals surface area (Å²) >= 11 is 0. The van der Waals surface area contributed by atoms with Crippen LogP contribution in [-0.2, 0) is 16.1 Å². The first-order chi connectivity index (χ1) is 11.7. The number of halogens is 1. The molecule has 24 heavy (non-hydrogen) atoms. The third-order valence-corrected chi connectivity index (χ3v) is 4.46. The van der Waals surface area contributed by atoms with Gasteiger partial charge in [-0.2, -0.15) is 0 Å². The van der Waals surface area contributed by atoms with Gasteiger partial charge in [0.25, 0.3) is 5.91 Å². The Morgan fingerprint density at radius 2 is 2.21 bits per heavy atom. The van der Waals surface area contributed by atoms with Gasteiger partial charge in [-0.1, -0.05) is 5.21 Å². The summed E-state index contributed by atoms with van der Waals surface area (Å²) in [4.78, 5) is 14.2. The van der Waals surface area contributed by atoms with Crippen molar-refractivity contribution in [3.8, 4) is 5.75 Å². The number of likely N-dealkylation sites (tertiary alicyclic amines) is 1. The minimum absolute atomic E-state index is 0.0141. The van der Waals surface area contributed by atoms with Gasteiger partial charge < -0.3 is 14.4 Å². The molecule has 126 valence electrons. The van der Waals surface area contributed by atoms with Crippen molar-refractivity contribution in [1.29, 1.82) is 0 Å². The predicted octanol–water partition coefficient (Wildman–Crippen LogP) is 1.17. The van der Waals surface area contributed by atoms with Crippen LogP contribution in [0, 0.1) is 5.82 Å². The molecule has 0 radical (unpaired) electrons. The van der Waals surface area contributed by atoms with Crippen LogP contribution in [0.4, 0.5) is 4.39 Å². The van der Waals surface area contributed by atoms with Crippen LogP contribution >= 0.6 is 0 Å². The molecule has 0 bridgehead atoms. The van der Waals surface area contributed by atoms with E-state index in [0.29, 0.717) is 25.4 Å². The maximum Gasteiger partial charge on any atom is 0.260 e. The van der Waals surface area contributed by atoms with Crippen molar-refractivity contribution in [2.45, 2.75) is 25.2 Å². The van der Waals surface area contributed by atoms with Crippen molar-refractivity contribution in [3.63, 3.8) is 0 Å². The van der Waals surface area contributed by atoms with E-state index in [-0.39, 0.29) is 30.5 Å². The fourth-order valence-corrected chi connectivity index (χ4v) is 3.17. The average Bonchev–Trinajstić information content (AvgIpc) is 3.09. The van der Waals surface area contributed by atoms with Gasteiger partial charge >= 0.3 is 0 Å². The van der Waals surface area contributed by atoms with Crippen molar-refractivity contribution < 1.29 is 18.7 Å². The third-order valence-electron chi connectivity index (χ3n) is 4.46. The lowest BCUT2D eigenvalue weighted by Gasteiger charge is -2.40. The summed E-state index contributed by atoms with van der Waals surface area (Å²) in [6.45, 7) is 1.58. The van der Waals surface area contributed by atoms with Gasteiger partial charge in [-0.3, -0.25) is 4.79 Å². The molecule has 0 N–H and O–H groups in total. The molecule has 2 atom stereocenters. The van der Waals surface area contributed by atoms with E-state index in [0.717, 1.165) is 12.1 Å². The van der Waals surface area contributed by atoms with Crippen molar-refractivity contribution in [2.75, 3.05) is 19.7 Å². The van der Waals surface area contributed by atoms with Crippen LogP contribution < -0.4 is 4.74 Å². The number of hydrogen-bond acceptors (Lipinski definition) is 5. The summed E-state index contributed by atoms with van der Waals surface area (Å²) in [5.74, 6) is 0.0286. The van der Waals surface area contributed by atoms with Gasteiger partial charge in [0.2, 0.25) is 0 Å². The number of amides is 1. The first-order valence-electron chi connectivity index (χ1n) is 7.87. The Bertz CT molecular complexity index is 733. The molecule has 0 saturated carbocycles. The van der Waals surface area contributed by atoms with E-state index >= 15 is 0 Å². The number of nitrogens with zero attached hydrogens (tertiary/aromatic N) is 4. The zero-order chi connectivity index (χ0) is 16.5. The second kappa shape index (κ2) is 6.20. The molecule has 1 saturated heterocycles. The number of ether oxygens (including phenoxy) is 2. The molecule has 0 unspecified atom stereocenters. The van der Waals surface area contributed by atoms with Crippen LogP contribution in [0.25, 0.3) is 0 Å². The number of hydrogen-bond donors (Lipinski definition) is 0. The number of piperidine rings is 1. The first-order valence-corrected chi connectivity index (χ1v) is 7.87. The van der Waals surface area contributed by atoms with E-state index in [4.69, 9.17) is 9.47 Å². The molecular weight excluding hydrogens is 315 g/mol. The molecule has 2 aromatic rings. The Labute approximate surface area is 138 Å². The Balaban J connectivity index is 1.39. The number of rotatable bonds is 3. The molecule has 1 aromatic carbocycles. The summed E-state index contributed by atoms with van der Waals surface area (Å²) in [6, 6.07) is 5.60. The van der Waals surface area contributed by atoms with E-state index in [1.807, 2.05) is 4.68 Å². The molecule has 7 nitrogen and oxygen atoms in total. The topological polar surface area (TPSA) is 69.5 Å². The molecule has 4 rings (SSSR count). The van der Waals surface area contributed by atoms with E-state index in [2.05, 4.69) is 10.3 Å². The second-order valence-corrected chi connectivity index (χ2v) is 5.96. The zero-order valence-electron chi connectivity index (χ0n) is 13.0. The highest BCUT2D eigenvalue weighted by atomic mass is 19.1. The van der Waals surface area contributed by atoms with E-state index in [1.165, 1.54) is 24.3 Å². The molecule has 0 spiro atoms. The Morgan fingerprint density at radius 1 is 1.38 bits per heavy atom. The van der Waals surface area contributed by atoms with Crippen molar-refractivity contribution in [2.24, 2.45) is 0 Å². The van der Waals surface area contributed by atoms with Crippen LogP contribution in [-0.4, -0.2) is 51.6 Å². The monoisotopic (exact) mass is 332 g/mol. The van der Waals surface area contributed by atoms with Gasteiger partial charge in [-0.15, -0.1) is 5.10 Å². The number of fused-ring (bicyclic) bond motifs is 3. The number of aromatic nitrogens is 3.